The minimum atomic E-state index is 0.0284. The average Bonchev–Trinajstić information content (AvgIpc) is 2.80. The predicted molar refractivity (Wildman–Crippen MR) is 86.9 cm³/mol. The van der Waals surface area contributed by atoms with Gasteiger partial charge in [-0.05, 0) is 37.1 Å². The van der Waals surface area contributed by atoms with E-state index in [0.29, 0.717) is 0 Å². The minimum absolute atomic E-state index is 0.0284. The Labute approximate surface area is 119 Å². The van der Waals surface area contributed by atoms with Gasteiger partial charge in [0, 0.05) is 34.4 Å². The zero-order chi connectivity index (χ0) is 14.1. The summed E-state index contributed by atoms with van der Waals surface area (Å²) in [7, 11) is 0. The van der Waals surface area contributed by atoms with E-state index in [1.54, 1.807) is 0 Å². The van der Waals surface area contributed by atoms with E-state index in [4.69, 9.17) is 5.73 Å². The van der Waals surface area contributed by atoms with Crippen molar-refractivity contribution in [1.29, 1.82) is 0 Å². The first kappa shape index (κ1) is 12.9. The molecule has 3 aromatic rings. The number of rotatable bonds is 4. The van der Waals surface area contributed by atoms with Crippen molar-refractivity contribution in [3.05, 3.63) is 60.7 Å². The highest BCUT2D eigenvalue weighted by Gasteiger charge is 2.11. The van der Waals surface area contributed by atoms with E-state index in [-0.39, 0.29) is 6.04 Å². The second-order valence-corrected chi connectivity index (χ2v) is 5.17. The lowest BCUT2D eigenvalue weighted by atomic mass is 10.0. The van der Waals surface area contributed by atoms with Gasteiger partial charge in [0.15, 0.2) is 0 Å². The smallest absolute Gasteiger partial charge is 0.0491 e. The van der Waals surface area contributed by atoms with Gasteiger partial charge in [-0.15, -0.1) is 6.58 Å². The normalized spacial score (nSPS) is 12.9. The van der Waals surface area contributed by atoms with Gasteiger partial charge in [-0.25, -0.2) is 0 Å². The zero-order valence-corrected chi connectivity index (χ0v) is 11.8. The summed E-state index contributed by atoms with van der Waals surface area (Å²) in [5, 5.41) is 2.59. The first-order valence-electron chi connectivity index (χ1n) is 7.13. The number of hydrogen-bond acceptors (Lipinski definition) is 1. The summed E-state index contributed by atoms with van der Waals surface area (Å²) in [5.74, 6) is 0. The van der Waals surface area contributed by atoms with Crippen LogP contribution in [0.5, 0.6) is 0 Å². The van der Waals surface area contributed by atoms with E-state index in [1.807, 2.05) is 6.08 Å². The number of fused-ring (bicyclic) bond motifs is 3. The summed E-state index contributed by atoms with van der Waals surface area (Å²) in [6.07, 6.45) is 2.68. The minimum Gasteiger partial charge on any atom is -0.341 e. The summed E-state index contributed by atoms with van der Waals surface area (Å²) < 4.78 is 2.35. The van der Waals surface area contributed by atoms with Crippen molar-refractivity contribution in [2.24, 2.45) is 5.73 Å². The number of benzene rings is 2. The first-order valence-corrected chi connectivity index (χ1v) is 7.13. The highest BCUT2D eigenvalue weighted by Crippen LogP contribution is 2.31. The Balaban J connectivity index is 2.28. The Morgan fingerprint density at radius 3 is 2.65 bits per heavy atom. The third-order valence-corrected chi connectivity index (χ3v) is 3.96. The van der Waals surface area contributed by atoms with Crippen molar-refractivity contribution in [3.63, 3.8) is 0 Å². The number of nitrogens with two attached hydrogens (primary N) is 1. The molecule has 1 atom stereocenters. The van der Waals surface area contributed by atoms with Gasteiger partial charge in [-0.3, -0.25) is 0 Å². The fraction of sp³-hybridized carbons (Fsp3) is 0.222. The molecular weight excluding hydrogens is 244 g/mol. The maximum atomic E-state index is 6.20. The summed E-state index contributed by atoms with van der Waals surface area (Å²) in [6, 6.07) is 15.2. The fourth-order valence-corrected chi connectivity index (χ4v) is 2.96. The van der Waals surface area contributed by atoms with Gasteiger partial charge >= 0.3 is 0 Å². The number of hydrogen-bond donors (Lipinski definition) is 1. The second kappa shape index (κ2) is 5.14. The van der Waals surface area contributed by atoms with E-state index in [2.05, 4.69) is 60.5 Å². The molecule has 2 N–H and O–H groups in total. The number of aryl methyl sites for hydroxylation is 1. The quantitative estimate of drug-likeness (QED) is 0.696. The van der Waals surface area contributed by atoms with Crippen molar-refractivity contribution in [2.45, 2.75) is 25.9 Å². The molecule has 0 aliphatic carbocycles. The average molecular weight is 264 g/mol. The zero-order valence-electron chi connectivity index (χ0n) is 11.8. The molecule has 2 nitrogen and oxygen atoms in total. The van der Waals surface area contributed by atoms with Gasteiger partial charge in [-0.2, -0.15) is 0 Å². The van der Waals surface area contributed by atoms with E-state index in [9.17, 15) is 0 Å². The maximum absolute atomic E-state index is 6.20. The van der Waals surface area contributed by atoms with Crippen LogP contribution in [-0.2, 0) is 6.54 Å². The monoisotopic (exact) mass is 264 g/mol. The Hall–Kier alpha value is -2.06. The molecule has 2 heteroatoms. The number of nitrogens with zero attached hydrogens (tertiary/aromatic N) is 1. The lowest BCUT2D eigenvalue weighted by Crippen LogP contribution is -2.08. The van der Waals surface area contributed by atoms with Crippen LogP contribution >= 0.6 is 0 Å². The Morgan fingerprint density at radius 1 is 1.15 bits per heavy atom. The number of para-hydroxylation sites is 1. The van der Waals surface area contributed by atoms with Crippen molar-refractivity contribution in [1.82, 2.24) is 4.57 Å². The molecule has 0 unspecified atom stereocenters. The predicted octanol–water partition coefficient (Wildman–Crippen LogP) is 4.39. The summed E-state index contributed by atoms with van der Waals surface area (Å²) in [4.78, 5) is 0. The molecule has 20 heavy (non-hydrogen) atoms. The van der Waals surface area contributed by atoms with Crippen molar-refractivity contribution in [3.8, 4) is 0 Å². The standard InChI is InChI=1S/C18H20N2/c1-3-7-16(19)13-10-11-18-15(12-13)14-8-5-6-9-17(14)20(18)4-2/h3,5-6,8-12,16H,1,4,7,19H2,2H3/t16-/m1/s1. The molecule has 0 aliphatic rings. The van der Waals surface area contributed by atoms with Crippen LogP contribution in [0.4, 0.5) is 0 Å². The largest absolute Gasteiger partial charge is 0.341 e. The van der Waals surface area contributed by atoms with Gasteiger partial charge in [0.25, 0.3) is 0 Å². The third-order valence-electron chi connectivity index (χ3n) is 3.96. The van der Waals surface area contributed by atoms with Crippen LogP contribution in [-0.4, -0.2) is 4.57 Å². The molecule has 0 amide bonds. The summed E-state index contributed by atoms with van der Waals surface area (Å²) in [6.45, 7) is 6.93. The Bertz CT molecular complexity index is 768. The lowest BCUT2D eigenvalue weighted by Gasteiger charge is -2.10. The molecule has 1 aromatic heterocycles. The summed E-state index contributed by atoms with van der Waals surface area (Å²) in [5.41, 5.74) is 9.95. The first-order chi connectivity index (χ1) is 9.76. The Morgan fingerprint density at radius 2 is 1.90 bits per heavy atom. The van der Waals surface area contributed by atoms with Gasteiger partial charge in [0.2, 0.25) is 0 Å². The highest BCUT2D eigenvalue weighted by molar-refractivity contribution is 6.08. The molecule has 0 aliphatic heterocycles. The molecule has 1 heterocycles. The van der Waals surface area contributed by atoms with Crippen molar-refractivity contribution < 1.29 is 0 Å². The molecule has 2 aromatic carbocycles. The van der Waals surface area contributed by atoms with E-state index in [1.165, 1.54) is 27.4 Å². The van der Waals surface area contributed by atoms with E-state index >= 15 is 0 Å². The molecule has 0 fully saturated rings. The lowest BCUT2D eigenvalue weighted by molar-refractivity contribution is 0.742. The van der Waals surface area contributed by atoms with Crippen LogP contribution in [0.25, 0.3) is 21.8 Å². The SMILES string of the molecule is C=CC[C@@H](N)c1ccc2c(c1)c1ccccc1n2CC. The molecule has 0 bridgehead atoms. The molecular formula is C18H20N2. The molecule has 0 saturated heterocycles. The van der Waals surface area contributed by atoms with Crippen molar-refractivity contribution >= 4 is 21.8 Å². The molecule has 0 spiro atoms. The molecule has 102 valence electrons. The van der Waals surface area contributed by atoms with Crippen LogP contribution in [0.1, 0.15) is 24.9 Å². The number of aromatic nitrogens is 1. The molecule has 0 saturated carbocycles. The van der Waals surface area contributed by atoms with Crippen molar-refractivity contribution in [2.75, 3.05) is 0 Å². The van der Waals surface area contributed by atoms with E-state index < -0.39 is 0 Å². The van der Waals surface area contributed by atoms with Crippen LogP contribution < -0.4 is 5.73 Å². The Kier molecular flexibility index (Phi) is 3.33. The van der Waals surface area contributed by atoms with Gasteiger partial charge in [-0.1, -0.05) is 30.3 Å². The van der Waals surface area contributed by atoms with E-state index in [0.717, 1.165) is 13.0 Å². The topological polar surface area (TPSA) is 30.9 Å². The van der Waals surface area contributed by atoms with Crippen LogP contribution in [0.3, 0.4) is 0 Å². The van der Waals surface area contributed by atoms with Crippen LogP contribution in [0.15, 0.2) is 55.1 Å². The fourth-order valence-electron chi connectivity index (χ4n) is 2.96. The van der Waals surface area contributed by atoms with Crippen LogP contribution in [0.2, 0.25) is 0 Å². The second-order valence-electron chi connectivity index (χ2n) is 5.17. The highest BCUT2D eigenvalue weighted by atomic mass is 15.0. The molecule has 3 rings (SSSR count). The van der Waals surface area contributed by atoms with Gasteiger partial charge in [0.1, 0.15) is 0 Å². The maximum Gasteiger partial charge on any atom is 0.0491 e. The summed E-state index contributed by atoms with van der Waals surface area (Å²) >= 11 is 0. The van der Waals surface area contributed by atoms with Crippen LogP contribution in [0, 0.1) is 0 Å². The van der Waals surface area contributed by atoms with Gasteiger partial charge < -0.3 is 10.3 Å². The van der Waals surface area contributed by atoms with Gasteiger partial charge in [0.05, 0.1) is 0 Å². The third kappa shape index (κ3) is 1.93. The molecule has 0 radical (unpaired) electrons.